The van der Waals surface area contributed by atoms with E-state index in [2.05, 4.69) is 15.9 Å². The highest BCUT2D eigenvalue weighted by Crippen LogP contribution is 2.38. The molecule has 0 saturated heterocycles. The average molecular weight is 306 g/mol. The highest BCUT2D eigenvalue weighted by molar-refractivity contribution is 9.10. The van der Waals surface area contributed by atoms with Crippen LogP contribution in [0.15, 0.2) is 10.5 Å². The first-order valence-electron chi connectivity index (χ1n) is 4.90. The summed E-state index contributed by atoms with van der Waals surface area (Å²) in [6, 6.07) is 1.15. The van der Waals surface area contributed by atoms with E-state index in [1.807, 2.05) is 0 Å². The first-order valence-corrected chi connectivity index (χ1v) is 5.69. The predicted octanol–water partition coefficient (Wildman–Crippen LogP) is 2.14. The number of ether oxygens (including phenoxy) is 2. The van der Waals surface area contributed by atoms with Crippen LogP contribution < -0.4 is 15.2 Å². The minimum absolute atomic E-state index is 0.0635. The summed E-state index contributed by atoms with van der Waals surface area (Å²) in [6.07, 6.45) is 0.113. The maximum Gasteiger partial charge on any atom is 0.172 e. The van der Waals surface area contributed by atoms with Crippen LogP contribution in [-0.2, 0) is 0 Å². The van der Waals surface area contributed by atoms with Gasteiger partial charge in [-0.3, -0.25) is 4.79 Å². The molecule has 0 fully saturated rings. The van der Waals surface area contributed by atoms with Crippen molar-refractivity contribution in [1.29, 1.82) is 0 Å². The summed E-state index contributed by atoms with van der Waals surface area (Å²) in [5.74, 6) is -0.496. The van der Waals surface area contributed by atoms with Crippen molar-refractivity contribution in [2.45, 2.75) is 6.42 Å². The van der Waals surface area contributed by atoms with E-state index in [-0.39, 0.29) is 40.3 Å². The summed E-state index contributed by atoms with van der Waals surface area (Å²) in [5, 5.41) is 0. The lowest BCUT2D eigenvalue weighted by atomic mass is 10.1. The maximum absolute atomic E-state index is 13.6. The highest BCUT2D eigenvalue weighted by Gasteiger charge is 2.23. The summed E-state index contributed by atoms with van der Waals surface area (Å²) >= 11 is 3.03. The van der Waals surface area contributed by atoms with Gasteiger partial charge in [0.1, 0.15) is 5.82 Å². The fourth-order valence-corrected chi connectivity index (χ4v) is 1.96. The molecule has 1 rings (SSSR count). The summed E-state index contributed by atoms with van der Waals surface area (Å²) in [7, 11) is 2.77. The van der Waals surface area contributed by atoms with E-state index in [4.69, 9.17) is 15.2 Å². The third kappa shape index (κ3) is 2.76. The molecule has 0 spiro atoms. The molecule has 17 heavy (non-hydrogen) atoms. The van der Waals surface area contributed by atoms with Gasteiger partial charge < -0.3 is 15.2 Å². The van der Waals surface area contributed by atoms with Crippen molar-refractivity contribution >= 4 is 21.7 Å². The number of hydrogen-bond acceptors (Lipinski definition) is 4. The van der Waals surface area contributed by atoms with Gasteiger partial charge in [-0.15, -0.1) is 0 Å². The second kappa shape index (κ2) is 5.97. The number of methoxy groups -OCH3 is 2. The van der Waals surface area contributed by atoms with Gasteiger partial charge in [-0.25, -0.2) is 4.39 Å². The Hall–Kier alpha value is -1.14. The highest BCUT2D eigenvalue weighted by atomic mass is 79.9. The van der Waals surface area contributed by atoms with Crippen molar-refractivity contribution < 1.29 is 18.7 Å². The molecule has 6 heteroatoms. The van der Waals surface area contributed by atoms with Crippen LogP contribution in [0.1, 0.15) is 16.8 Å². The second-order valence-corrected chi connectivity index (χ2v) is 4.04. The second-order valence-electron chi connectivity index (χ2n) is 3.24. The minimum atomic E-state index is -0.581. The predicted molar refractivity (Wildman–Crippen MR) is 65.2 cm³/mol. The fourth-order valence-electron chi connectivity index (χ4n) is 1.45. The van der Waals surface area contributed by atoms with Crippen LogP contribution in [0.25, 0.3) is 0 Å². The van der Waals surface area contributed by atoms with Crippen LogP contribution in [0.2, 0.25) is 0 Å². The normalized spacial score (nSPS) is 10.2. The van der Waals surface area contributed by atoms with Crippen molar-refractivity contribution in [2.75, 3.05) is 20.8 Å². The van der Waals surface area contributed by atoms with E-state index in [1.54, 1.807) is 0 Å². The van der Waals surface area contributed by atoms with Gasteiger partial charge in [0.25, 0.3) is 0 Å². The van der Waals surface area contributed by atoms with E-state index in [0.717, 1.165) is 6.07 Å². The number of nitrogens with two attached hydrogens (primary N) is 1. The van der Waals surface area contributed by atoms with Crippen molar-refractivity contribution in [3.05, 3.63) is 21.9 Å². The molecule has 0 aliphatic heterocycles. The Bertz CT molecular complexity index is 437. The van der Waals surface area contributed by atoms with Crippen LogP contribution in [0.4, 0.5) is 4.39 Å². The summed E-state index contributed by atoms with van der Waals surface area (Å²) in [6.45, 7) is 0.188. The van der Waals surface area contributed by atoms with E-state index < -0.39 is 5.82 Å². The Morgan fingerprint density at radius 3 is 2.59 bits per heavy atom. The first kappa shape index (κ1) is 13.9. The summed E-state index contributed by atoms with van der Waals surface area (Å²) in [4.78, 5) is 11.9. The van der Waals surface area contributed by atoms with Gasteiger partial charge in [0.15, 0.2) is 17.3 Å². The van der Waals surface area contributed by atoms with Crippen LogP contribution in [-0.4, -0.2) is 26.5 Å². The quantitative estimate of drug-likeness (QED) is 0.847. The van der Waals surface area contributed by atoms with Gasteiger partial charge in [-0.05, 0) is 22.5 Å². The average Bonchev–Trinajstić information content (AvgIpc) is 2.31. The summed E-state index contributed by atoms with van der Waals surface area (Å²) in [5.41, 5.74) is 5.44. The fraction of sp³-hybridized carbons (Fsp3) is 0.364. The summed E-state index contributed by atoms with van der Waals surface area (Å²) < 4.78 is 23.7. The molecule has 94 valence electrons. The molecule has 2 N–H and O–H groups in total. The van der Waals surface area contributed by atoms with E-state index in [0.29, 0.717) is 0 Å². The van der Waals surface area contributed by atoms with Crippen LogP contribution in [0, 0.1) is 5.82 Å². The minimum Gasteiger partial charge on any atom is -0.493 e. The van der Waals surface area contributed by atoms with Crippen molar-refractivity contribution in [3.8, 4) is 11.5 Å². The van der Waals surface area contributed by atoms with E-state index >= 15 is 0 Å². The number of ketones is 1. The van der Waals surface area contributed by atoms with Crippen molar-refractivity contribution in [2.24, 2.45) is 5.73 Å². The molecule has 4 nitrogen and oxygen atoms in total. The lowest BCUT2D eigenvalue weighted by Crippen LogP contribution is -2.11. The zero-order valence-corrected chi connectivity index (χ0v) is 11.1. The molecule has 0 aliphatic rings. The SMILES string of the molecule is COc1cc(F)c(Br)c(C(=O)CCN)c1OC. The van der Waals surface area contributed by atoms with E-state index in [9.17, 15) is 9.18 Å². The van der Waals surface area contributed by atoms with Crippen molar-refractivity contribution in [1.82, 2.24) is 0 Å². The molecule has 0 unspecified atom stereocenters. The van der Waals surface area contributed by atoms with Crippen LogP contribution >= 0.6 is 15.9 Å². The Labute approximate surface area is 107 Å². The lowest BCUT2D eigenvalue weighted by molar-refractivity contribution is 0.0980. The molecule has 0 radical (unpaired) electrons. The molecule has 0 aromatic heterocycles. The molecule has 0 saturated carbocycles. The van der Waals surface area contributed by atoms with E-state index in [1.165, 1.54) is 14.2 Å². The molecule has 0 atom stereocenters. The lowest BCUT2D eigenvalue weighted by Gasteiger charge is -2.14. The zero-order chi connectivity index (χ0) is 13.0. The first-order chi connectivity index (χ1) is 8.06. The van der Waals surface area contributed by atoms with Crippen LogP contribution in [0.3, 0.4) is 0 Å². The zero-order valence-electron chi connectivity index (χ0n) is 9.55. The number of halogens is 2. The molecule has 1 aromatic rings. The van der Waals surface area contributed by atoms with Gasteiger partial charge in [0.05, 0.1) is 24.3 Å². The van der Waals surface area contributed by atoms with Gasteiger partial charge >= 0.3 is 0 Å². The van der Waals surface area contributed by atoms with Gasteiger partial charge in [-0.1, -0.05) is 0 Å². The molecular weight excluding hydrogens is 293 g/mol. The topological polar surface area (TPSA) is 61.5 Å². The molecular formula is C11H13BrFNO3. The Balaban J connectivity index is 3.43. The van der Waals surface area contributed by atoms with Gasteiger partial charge in [-0.2, -0.15) is 0 Å². The Morgan fingerprint density at radius 1 is 1.47 bits per heavy atom. The van der Waals surface area contributed by atoms with Gasteiger partial charge in [0.2, 0.25) is 0 Å². The number of carbonyl (C=O) groups excluding carboxylic acids is 1. The van der Waals surface area contributed by atoms with Crippen molar-refractivity contribution in [3.63, 3.8) is 0 Å². The third-order valence-corrected chi connectivity index (χ3v) is 2.99. The smallest absolute Gasteiger partial charge is 0.172 e. The monoisotopic (exact) mass is 305 g/mol. The standard InChI is InChI=1S/C11H13BrFNO3/c1-16-8-5-6(13)10(12)9(11(8)17-2)7(15)3-4-14/h5H,3-4,14H2,1-2H3. The third-order valence-electron chi connectivity index (χ3n) is 2.21. The molecule has 0 heterocycles. The number of benzene rings is 1. The molecule has 0 amide bonds. The Morgan fingerprint density at radius 2 is 2.12 bits per heavy atom. The van der Waals surface area contributed by atoms with Gasteiger partial charge in [0, 0.05) is 12.5 Å². The maximum atomic E-state index is 13.6. The van der Waals surface area contributed by atoms with Crippen LogP contribution in [0.5, 0.6) is 11.5 Å². The Kier molecular flexibility index (Phi) is 4.89. The molecule has 1 aromatic carbocycles. The number of carbonyl (C=O) groups is 1. The molecule has 0 bridgehead atoms. The number of rotatable bonds is 5. The molecule has 0 aliphatic carbocycles. The number of Topliss-reactive ketones (excluding diaryl/α,β-unsaturated/α-hetero) is 1. The number of hydrogen-bond donors (Lipinski definition) is 1. The largest absolute Gasteiger partial charge is 0.493 e.